The molecule has 0 spiro atoms. The zero-order valence-electron chi connectivity index (χ0n) is 10.2. The zero-order chi connectivity index (χ0) is 12.7. The molecule has 0 aliphatic carbocycles. The Bertz CT molecular complexity index is 358. The lowest BCUT2D eigenvalue weighted by atomic mass is 10.0. The molecule has 1 heterocycles. The normalized spacial score (nSPS) is 13.2. The number of aliphatic hydroxyl groups excluding tert-OH is 1. The van der Waals surface area contributed by atoms with E-state index in [4.69, 9.17) is 0 Å². The Morgan fingerprint density at radius 3 is 2.94 bits per heavy atom. The van der Waals surface area contributed by atoms with Crippen LogP contribution in [0.5, 0.6) is 0 Å². The summed E-state index contributed by atoms with van der Waals surface area (Å²) in [5.41, 5.74) is 0. The van der Waals surface area contributed by atoms with Gasteiger partial charge >= 0.3 is 0 Å². The molecule has 1 amide bonds. The number of thiophene rings is 1. The van der Waals surface area contributed by atoms with E-state index >= 15 is 0 Å². The zero-order valence-corrected chi connectivity index (χ0v) is 11.0. The van der Waals surface area contributed by atoms with Crippen molar-refractivity contribution in [3.8, 4) is 0 Å². The summed E-state index contributed by atoms with van der Waals surface area (Å²) in [6, 6.07) is 3.90. The van der Waals surface area contributed by atoms with Crippen LogP contribution in [0.1, 0.15) is 25.1 Å². The van der Waals surface area contributed by atoms with Crippen molar-refractivity contribution in [2.45, 2.75) is 26.4 Å². The monoisotopic (exact) mass is 253 g/mol. The second kappa shape index (κ2) is 7.25. The molecule has 1 aromatic rings. The molecule has 1 atom stereocenters. The van der Waals surface area contributed by atoms with E-state index in [9.17, 15) is 9.90 Å². The summed E-state index contributed by atoms with van der Waals surface area (Å²) in [5.74, 6) is 0.114. The van der Waals surface area contributed by atoms with Crippen molar-refractivity contribution in [2.24, 2.45) is 5.92 Å². The quantitative estimate of drug-likeness (QED) is 0.764. The smallest absolute Gasteiger partial charge is 0.244 e. The van der Waals surface area contributed by atoms with Gasteiger partial charge in [-0.3, -0.25) is 4.79 Å². The van der Waals surface area contributed by atoms with E-state index in [2.05, 4.69) is 5.32 Å². The van der Waals surface area contributed by atoms with E-state index in [1.165, 1.54) is 6.08 Å². The molecule has 0 bridgehead atoms. The summed E-state index contributed by atoms with van der Waals surface area (Å²) in [4.78, 5) is 12.5. The van der Waals surface area contributed by atoms with Crippen LogP contribution >= 0.6 is 11.3 Å². The highest BCUT2D eigenvalue weighted by Gasteiger charge is 2.08. The maximum atomic E-state index is 11.4. The lowest BCUT2D eigenvalue weighted by Gasteiger charge is -2.13. The van der Waals surface area contributed by atoms with Crippen LogP contribution in [0.4, 0.5) is 0 Å². The minimum atomic E-state index is -0.350. The van der Waals surface area contributed by atoms with E-state index < -0.39 is 0 Å². The summed E-state index contributed by atoms with van der Waals surface area (Å²) < 4.78 is 0. The number of aliphatic hydroxyl groups is 1. The minimum absolute atomic E-state index is 0.116. The largest absolute Gasteiger partial charge is 0.393 e. The maximum Gasteiger partial charge on any atom is 0.244 e. The molecule has 0 saturated carbocycles. The van der Waals surface area contributed by atoms with Gasteiger partial charge in [-0.1, -0.05) is 19.9 Å². The number of carbonyl (C=O) groups is 1. The van der Waals surface area contributed by atoms with Crippen LogP contribution < -0.4 is 5.32 Å². The highest BCUT2D eigenvalue weighted by Crippen LogP contribution is 2.09. The number of nitrogens with one attached hydrogen (secondary N) is 1. The standard InChI is InChI=1S/C13H19NO2S/c1-10(2)12(15)7-8-14-13(16)6-5-11-4-3-9-17-11/h3-6,9-10,12,15H,7-8H2,1-2H3,(H,14,16). The van der Waals surface area contributed by atoms with Gasteiger partial charge in [0.1, 0.15) is 0 Å². The van der Waals surface area contributed by atoms with Gasteiger partial charge in [-0.05, 0) is 29.9 Å². The molecule has 0 aromatic carbocycles. The van der Waals surface area contributed by atoms with E-state index in [-0.39, 0.29) is 17.9 Å². The van der Waals surface area contributed by atoms with Crippen molar-refractivity contribution in [2.75, 3.05) is 6.54 Å². The Labute approximate surface area is 106 Å². The van der Waals surface area contributed by atoms with Crippen LogP contribution in [0.3, 0.4) is 0 Å². The van der Waals surface area contributed by atoms with Crippen molar-refractivity contribution in [1.29, 1.82) is 0 Å². The molecule has 4 heteroatoms. The number of hydrogen-bond acceptors (Lipinski definition) is 3. The molecule has 17 heavy (non-hydrogen) atoms. The first-order chi connectivity index (χ1) is 8.09. The van der Waals surface area contributed by atoms with E-state index in [1.807, 2.05) is 31.4 Å². The molecule has 1 rings (SSSR count). The molecule has 94 valence electrons. The third-order valence-corrected chi connectivity index (χ3v) is 3.29. The average Bonchev–Trinajstić information content (AvgIpc) is 2.78. The Balaban J connectivity index is 2.22. The third-order valence-electron chi connectivity index (χ3n) is 2.45. The summed E-state index contributed by atoms with van der Waals surface area (Å²) >= 11 is 1.59. The first-order valence-electron chi connectivity index (χ1n) is 5.77. The fraction of sp³-hybridized carbons (Fsp3) is 0.462. The van der Waals surface area contributed by atoms with Crippen molar-refractivity contribution in [3.05, 3.63) is 28.5 Å². The van der Waals surface area contributed by atoms with Crippen molar-refractivity contribution in [1.82, 2.24) is 5.32 Å². The van der Waals surface area contributed by atoms with Gasteiger partial charge in [0.2, 0.25) is 5.91 Å². The Kier molecular flexibility index (Phi) is 5.94. The molecular formula is C13H19NO2S. The van der Waals surface area contributed by atoms with Gasteiger partial charge in [-0.2, -0.15) is 0 Å². The Hall–Kier alpha value is -1.13. The fourth-order valence-corrected chi connectivity index (χ4v) is 1.90. The molecular weight excluding hydrogens is 234 g/mol. The highest BCUT2D eigenvalue weighted by molar-refractivity contribution is 7.10. The van der Waals surface area contributed by atoms with Crippen LogP contribution in [0.15, 0.2) is 23.6 Å². The first kappa shape index (κ1) is 13.9. The summed E-state index contributed by atoms with van der Waals surface area (Å²) in [5, 5.41) is 14.3. The maximum absolute atomic E-state index is 11.4. The SMILES string of the molecule is CC(C)C(O)CCNC(=O)C=Cc1cccs1. The van der Waals surface area contributed by atoms with Gasteiger partial charge in [0.15, 0.2) is 0 Å². The van der Waals surface area contributed by atoms with Crippen LogP contribution in [0, 0.1) is 5.92 Å². The Morgan fingerprint density at radius 2 is 2.35 bits per heavy atom. The molecule has 0 aliphatic heterocycles. The second-order valence-corrected chi connectivity index (χ2v) is 5.22. The van der Waals surface area contributed by atoms with Gasteiger partial charge < -0.3 is 10.4 Å². The number of carbonyl (C=O) groups excluding carboxylic acids is 1. The molecule has 0 radical (unpaired) electrons. The van der Waals surface area contributed by atoms with Gasteiger partial charge in [-0.25, -0.2) is 0 Å². The molecule has 0 aliphatic rings. The Morgan fingerprint density at radius 1 is 1.59 bits per heavy atom. The highest BCUT2D eigenvalue weighted by atomic mass is 32.1. The fourth-order valence-electron chi connectivity index (χ4n) is 1.28. The molecule has 3 nitrogen and oxygen atoms in total. The van der Waals surface area contributed by atoms with Crippen molar-refractivity contribution < 1.29 is 9.90 Å². The summed E-state index contributed by atoms with van der Waals surface area (Å²) in [7, 11) is 0. The lowest BCUT2D eigenvalue weighted by Crippen LogP contribution is -2.27. The molecule has 0 saturated heterocycles. The van der Waals surface area contributed by atoms with Crippen molar-refractivity contribution in [3.63, 3.8) is 0 Å². The topological polar surface area (TPSA) is 49.3 Å². The van der Waals surface area contributed by atoms with Gasteiger partial charge in [-0.15, -0.1) is 11.3 Å². The molecule has 0 fully saturated rings. The van der Waals surface area contributed by atoms with Gasteiger partial charge in [0.25, 0.3) is 0 Å². The number of rotatable bonds is 6. The molecule has 1 unspecified atom stereocenters. The van der Waals surface area contributed by atoms with Crippen LogP contribution in [-0.4, -0.2) is 23.7 Å². The van der Waals surface area contributed by atoms with Crippen LogP contribution in [0.25, 0.3) is 6.08 Å². The van der Waals surface area contributed by atoms with Crippen LogP contribution in [0.2, 0.25) is 0 Å². The van der Waals surface area contributed by atoms with Crippen LogP contribution in [-0.2, 0) is 4.79 Å². The molecule has 1 aromatic heterocycles. The number of amides is 1. The van der Waals surface area contributed by atoms with Crippen molar-refractivity contribution >= 4 is 23.3 Å². The van der Waals surface area contributed by atoms with E-state index in [0.29, 0.717) is 13.0 Å². The minimum Gasteiger partial charge on any atom is -0.393 e. The van der Waals surface area contributed by atoms with E-state index in [1.54, 1.807) is 17.4 Å². The van der Waals surface area contributed by atoms with Gasteiger partial charge in [0.05, 0.1) is 6.10 Å². The van der Waals surface area contributed by atoms with E-state index in [0.717, 1.165) is 4.88 Å². The predicted octanol–water partition coefficient (Wildman–Crippen LogP) is 2.28. The number of hydrogen-bond donors (Lipinski definition) is 2. The molecule has 2 N–H and O–H groups in total. The summed E-state index contributed by atoms with van der Waals surface area (Å²) in [6.45, 7) is 4.43. The summed E-state index contributed by atoms with van der Waals surface area (Å²) in [6.07, 6.45) is 3.56. The lowest BCUT2D eigenvalue weighted by molar-refractivity contribution is -0.116. The third kappa shape index (κ3) is 5.65. The van der Waals surface area contributed by atoms with Gasteiger partial charge in [0, 0.05) is 17.5 Å². The predicted molar refractivity (Wildman–Crippen MR) is 71.8 cm³/mol. The average molecular weight is 253 g/mol. The first-order valence-corrected chi connectivity index (χ1v) is 6.65. The second-order valence-electron chi connectivity index (χ2n) is 4.24.